The van der Waals surface area contributed by atoms with Gasteiger partial charge in [-0.1, -0.05) is 30.3 Å². The van der Waals surface area contributed by atoms with Gasteiger partial charge in [-0.25, -0.2) is 4.79 Å². The lowest BCUT2D eigenvalue weighted by molar-refractivity contribution is -0.195. The van der Waals surface area contributed by atoms with Crippen molar-refractivity contribution in [1.82, 2.24) is 4.90 Å². The van der Waals surface area contributed by atoms with Gasteiger partial charge in [0.25, 0.3) is 0 Å². The third kappa shape index (κ3) is 3.94. The topological polar surface area (TPSA) is 85.3 Å². The molecular weight excluding hydrogens is 350 g/mol. The zero-order valence-electron chi connectivity index (χ0n) is 15.7. The molecule has 2 heterocycles. The van der Waals surface area contributed by atoms with Gasteiger partial charge >= 0.3 is 12.1 Å². The first-order chi connectivity index (χ1) is 13.0. The maximum Gasteiger partial charge on any atom is 0.410 e. The Morgan fingerprint density at radius 1 is 1.11 bits per heavy atom. The van der Waals surface area contributed by atoms with E-state index in [-0.39, 0.29) is 6.61 Å². The van der Waals surface area contributed by atoms with E-state index in [1.165, 1.54) is 7.11 Å². The maximum atomic E-state index is 12.5. The van der Waals surface area contributed by atoms with Crippen LogP contribution in [-0.4, -0.2) is 61.1 Å². The molecule has 7 heteroatoms. The van der Waals surface area contributed by atoms with Crippen molar-refractivity contribution in [3.8, 4) is 0 Å². The van der Waals surface area contributed by atoms with Gasteiger partial charge in [-0.05, 0) is 31.2 Å². The normalized spacial score (nSPS) is 21.3. The third-order valence-electron chi connectivity index (χ3n) is 5.87. The molecule has 1 aromatic carbocycles. The van der Waals surface area contributed by atoms with Crippen molar-refractivity contribution >= 4 is 12.1 Å². The van der Waals surface area contributed by atoms with E-state index in [4.69, 9.17) is 14.2 Å². The van der Waals surface area contributed by atoms with Crippen LogP contribution in [0.1, 0.15) is 31.2 Å². The smallest absolute Gasteiger partial charge is 0.410 e. The summed E-state index contributed by atoms with van der Waals surface area (Å²) in [6.45, 7) is 1.72. The Kier molecular flexibility index (Phi) is 6.01. The summed E-state index contributed by atoms with van der Waals surface area (Å²) in [6, 6.07) is 9.49. The fourth-order valence-corrected chi connectivity index (χ4v) is 4.12. The Morgan fingerprint density at radius 2 is 1.74 bits per heavy atom. The summed E-state index contributed by atoms with van der Waals surface area (Å²) in [7, 11) is 1.35. The second-order valence-electron chi connectivity index (χ2n) is 7.24. The molecule has 0 atom stereocenters. The first kappa shape index (κ1) is 19.6. The molecule has 0 aromatic heterocycles. The molecule has 2 fully saturated rings. The molecule has 2 aliphatic rings. The van der Waals surface area contributed by atoms with Gasteiger partial charge in [-0.2, -0.15) is 0 Å². The van der Waals surface area contributed by atoms with Crippen LogP contribution in [0.15, 0.2) is 30.3 Å². The highest BCUT2D eigenvalue weighted by molar-refractivity contribution is 5.78. The first-order valence-electron chi connectivity index (χ1n) is 9.35. The second-order valence-corrected chi connectivity index (χ2v) is 7.24. The minimum atomic E-state index is -1.21. The second kappa shape index (κ2) is 8.27. The number of piperidine rings is 1. The van der Waals surface area contributed by atoms with E-state index in [2.05, 4.69) is 0 Å². The van der Waals surface area contributed by atoms with Gasteiger partial charge < -0.3 is 24.2 Å². The largest absolute Gasteiger partial charge is 0.469 e. The number of ether oxygens (including phenoxy) is 3. The molecule has 0 spiro atoms. The van der Waals surface area contributed by atoms with E-state index in [1.54, 1.807) is 4.90 Å². The fourth-order valence-electron chi connectivity index (χ4n) is 4.12. The van der Waals surface area contributed by atoms with Crippen LogP contribution in [0.3, 0.4) is 0 Å². The monoisotopic (exact) mass is 377 g/mol. The maximum absolute atomic E-state index is 12.5. The molecule has 1 N–H and O–H groups in total. The fraction of sp³-hybridized carbons (Fsp3) is 0.600. The Balaban J connectivity index is 1.61. The number of carbonyl (C=O) groups excluding carboxylic acids is 2. The zero-order chi connectivity index (χ0) is 19.3. The van der Waals surface area contributed by atoms with Crippen LogP contribution in [0.2, 0.25) is 0 Å². The van der Waals surface area contributed by atoms with Gasteiger partial charge in [0.05, 0.1) is 12.7 Å². The molecule has 0 aliphatic carbocycles. The third-order valence-corrected chi connectivity index (χ3v) is 5.87. The Hall–Kier alpha value is -2.12. The van der Waals surface area contributed by atoms with Crippen LogP contribution in [-0.2, 0) is 25.6 Å². The lowest BCUT2D eigenvalue weighted by Gasteiger charge is -2.50. The molecule has 3 rings (SSSR count). The number of methoxy groups -OCH3 is 1. The number of rotatable bonds is 4. The molecule has 0 saturated carbocycles. The van der Waals surface area contributed by atoms with Crippen LogP contribution in [0.5, 0.6) is 0 Å². The Morgan fingerprint density at radius 3 is 2.33 bits per heavy atom. The number of benzene rings is 1. The molecule has 2 aliphatic heterocycles. The van der Waals surface area contributed by atoms with Crippen LogP contribution >= 0.6 is 0 Å². The van der Waals surface area contributed by atoms with Crippen molar-refractivity contribution in [3.05, 3.63) is 35.9 Å². The van der Waals surface area contributed by atoms with Crippen LogP contribution in [0.4, 0.5) is 4.79 Å². The van der Waals surface area contributed by atoms with Crippen molar-refractivity contribution in [2.75, 3.05) is 33.4 Å². The molecule has 1 aromatic rings. The van der Waals surface area contributed by atoms with Gasteiger partial charge in [0, 0.05) is 26.3 Å². The minimum Gasteiger partial charge on any atom is -0.469 e. The summed E-state index contributed by atoms with van der Waals surface area (Å²) in [5, 5.41) is 11.3. The number of amides is 1. The number of hydrogen-bond acceptors (Lipinski definition) is 6. The van der Waals surface area contributed by atoms with E-state index in [1.807, 2.05) is 30.3 Å². The van der Waals surface area contributed by atoms with E-state index in [9.17, 15) is 14.7 Å². The van der Waals surface area contributed by atoms with Gasteiger partial charge in [0.15, 0.2) is 0 Å². The first-order valence-corrected chi connectivity index (χ1v) is 9.35. The van der Waals surface area contributed by atoms with Crippen LogP contribution < -0.4 is 0 Å². The van der Waals surface area contributed by atoms with Crippen molar-refractivity contribution in [3.63, 3.8) is 0 Å². The lowest BCUT2D eigenvalue weighted by atomic mass is 9.63. The summed E-state index contributed by atoms with van der Waals surface area (Å²) >= 11 is 0. The molecule has 7 nitrogen and oxygen atoms in total. The van der Waals surface area contributed by atoms with Gasteiger partial charge in [-0.15, -0.1) is 0 Å². The SMILES string of the molecule is COC(=O)C1(C2(O)CCN(C(=O)OCc3ccccc3)CC2)CCOCC1. The van der Waals surface area contributed by atoms with Crippen molar-refractivity contribution in [2.45, 2.75) is 37.9 Å². The van der Waals surface area contributed by atoms with Crippen molar-refractivity contribution in [1.29, 1.82) is 0 Å². The Bertz CT molecular complexity index is 648. The predicted octanol–water partition coefficient (Wildman–Crippen LogP) is 2.12. The summed E-state index contributed by atoms with van der Waals surface area (Å²) in [4.78, 5) is 26.4. The predicted molar refractivity (Wildman–Crippen MR) is 96.9 cm³/mol. The quantitative estimate of drug-likeness (QED) is 0.809. The van der Waals surface area contributed by atoms with E-state index >= 15 is 0 Å². The number of aliphatic hydroxyl groups is 1. The van der Waals surface area contributed by atoms with E-state index in [0.29, 0.717) is 52.0 Å². The minimum absolute atomic E-state index is 0.212. The Labute approximate surface area is 159 Å². The molecule has 0 unspecified atom stereocenters. The molecule has 0 radical (unpaired) electrons. The molecular formula is C20H27NO6. The highest BCUT2D eigenvalue weighted by atomic mass is 16.6. The van der Waals surface area contributed by atoms with Gasteiger partial charge in [-0.3, -0.25) is 4.79 Å². The molecule has 2 saturated heterocycles. The number of carbonyl (C=O) groups is 2. The molecule has 27 heavy (non-hydrogen) atoms. The standard InChI is InChI=1S/C20H27NO6/c1-25-17(22)19(9-13-26-14-10-19)20(24)7-11-21(12-8-20)18(23)27-15-16-5-3-2-4-6-16/h2-6,24H,7-15H2,1H3. The van der Waals surface area contributed by atoms with Gasteiger partial charge in [0.1, 0.15) is 12.0 Å². The average molecular weight is 377 g/mol. The summed E-state index contributed by atoms with van der Waals surface area (Å²) in [5.41, 5.74) is -1.26. The average Bonchev–Trinajstić information content (AvgIpc) is 2.73. The zero-order valence-corrected chi connectivity index (χ0v) is 15.7. The van der Waals surface area contributed by atoms with Gasteiger partial charge in [0.2, 0.25) is 0 Å². The highest BCUT2D eigenvalue weighted by Crippen LogP contribution is 2.47. The summed E-state index contributed by atoms with van der Waals surface area (Å²) in [6.07, 6.45) is 1.06. The molecule has 148 valence electrons. The van der Waals surface area contributed by atoms with Crippen LogP contribution in [0, 0.1) is 5.41 Å². The number of likely N-dealkylation sites (tertiary alicyclic amines) is 1. The van der Waals surface area contributed by atoms with Crippen molar-refractivity contribution in [2.24, 2.45) is 5.41 Å². The van der Waals surface area contributed by atoms with E-state index in [0.717, 1.165) is 5.56 Å². The summed E-state index contributed by atoms with van der Waals surface area (Å²) in [5.74, 6) is -0.395. The summed E-state index contributed by atoms with van der Waals surface area (Å²) < 4.78 is 15.8. The number of nitrogens with zero attached hydrogens (tertiary/aromatic N) is 1. The number of hydrogen-bond donors (Lipinski definition) is 1. The lowest BCUT2D eigenvalue weighted by Crippen LogP contribution is -2.61. The van der Waals surface area contributed by atoms with E-state index < -0.39 is 23.1 Å². The molecule has 1 amide bonds. The number of esters is 1. The highest BCUT2D eigenvalue weighted by Gasteiger charge is 2.58. The molecule has 0 bridgehead atoms. The van der Waals surface area contributed by atoms with Crippen molar-refractivity contribution < 1.29 is 28.9 Å². The van der Waals surface area contributed by atoms with Crippen LogP contribution in [0.25, 0.3) is 0 Å².